The molecular formula is C21H23N5O2. The topological polar surface area (TPSA) is 91.5 Å². The van der Waals surface area contributed by atoms with Crippen LogP contribution in [0.4, 0.5) is 5.69 Å². The molecular weight excluding hydrogens is 354 g/mol. The molecule has 7 heteroatoms. The van der Waals surface area contributed by atoms with Crippen molar-refractivity contribution in [3.8, 4) is 11.5 Å². The van der Waals surface area contributed by atoms with Crippen molar-refractivity contribution in [2.75, 3.05) is 18.9 Å². The second kappa shape index (κ2) is 9.36. The van der Waals surface area contributed by atoms with E-state index in [4.69, 9.17) is 4.42 Å². The third kappa shape index (κ3) is 5.44. The number of carbonyl (C=O) groups excluding carboxylic acids is 1. The van der Waals surface area contributed by atoms with E-state index in [1.54, 1.807) is 13.3 Å². The summed E-state index contributed by atoms with van der Waals surface area (Å²) in [7, 11) is 1.64. The summed E-state index contributed by atoms with van der Waals surface area (Å²) in [6.07, 6.45) is 1.61. The highest BCUT2D eigenvalue weighted by Crippen LogP contribution is 2.18. The zero-order chi connectivity index (χ0) is 19.8. The summed E-state index contributed by atoms with van der Waals surface area (Å²) in [6.45, 7) is 2.56. The van der Waals surface area contributed by atoms with E-state index < -0.39 is 0 Å². The molecule has 3 N–H and O–H groups in total. The molecule has 0 aliphatic carbocycles. The Labute approximate surface area is 163 Å². The van der Waals surface area contributed by atoms with Gasteiger partial charge in [-0.15, -0.1) is 0 Å². The highest BCUT2D eigenvalue weighted by atomic mass is 16.3. The molecule has 1 aromatic heterocycles. The van der Waals surface area contributed by atoms with Gasteiger partial charge in [0.1, 0.15) is 6.26 Å². The minimum Gasteiger partial charge on any atom is -0.444 e. The molecule has 0 fully saturated rings. The Hall–Kier alpha value is -3.61. The molecule has 3 rings (SSSR count). The molecule has 0 unspecified atom stereocenters. The van der Waals surface area contributed by atoms with E-state index in [0.717, 1.165) is 16.9 Å². The molecule has 0 spiro atoms. The van der Waals surface area contributed by atoms with Crippen molar-refractivity contribution in [1.82, 2.24) is 15.6 Å². The van der Waals surface area contributed by atoms with Crippen molar-refractivity contribution in [2.45, 2.75) is 13.5 Å². The minimum absolute atomic E-state index is 0.0992. The lowest BCUT2D eigenvalue weighted by atomic mass is 10.1. The second-order valence-corrected chi connectivity index (χ2v) is 6.20. The molecule has 0 atom stereocenters. The van der Waals surface area contributed by atoms with E-state index in [1.807, 2.05) is 61.5 Å². The van der Waals surface area contributed by atoms with Crippen molar-refractivity contribution < 1.29 is 9.21 Å². The van der Waals surface area contributed by atoms with Gasteiger partial charge >= 0.3 is 0 Å². The van der Waals surface area contributed by atoms with Gasteiger partial charge < -0.3 is 20.4 Å². The molecule has 0 saturated carbocycles. The van der Waals surface area contributed by atoms with Gasteiger partial charge in [0.2, 0.25) is 11.8 Å². The maximum absolute atomic E-state index is 12.0. The van der Waals surface area contributed by atoms with Gasteiger partial charge in [-0.1, -0.05) is 35.9 Å². The lowest BCUT2D eigenvalue weighted by Gasteiger charge is -2.11. The molecule has 2 aromatic carbocycles. The summed E-state index contributed by atoms with van der Waals surface area (Å²) in [5.74, 6) is 0.919. The first-order valence-corrected chi connectivity index (χ1v) is 8.95. The zero-order valence-electron chi connectivity index (χ0n) is 15.9. The fraction of sp³-hybridized carbons (Fsp3) is 0.190. The van der Waals surface area contributed by atoms with Crippen LogP contribution in [0.5, 0.6) is 0 Å². The minimum atomic E-state index is -0.155. The largest absolute Gasteiger partial charge is 0.444 e. The number of aliphatic imine (C=N–C) groups is 1. The highest BCUT2D eigenvalue weighted by molar-refractivity contribution is 5.94. The molecule has 0 aliphatic heterocycles. The Morgan fingerprint density at radius 1 is 1.07 bits per heavy atom. The number of hydrogen-bond donors (Lipinski definition) is 3. The lowest BCUT2D eigenvalue weighted by molar-refractivity contribution is -0.115. The van der Waals surface area contributed by atoms with Gasteiger partial charge in [0.15, 0.2) is 5.96 Å². The number of anilines is 1. The van der Waals surface area contributed by atoms with Crippen molar-refractivity contribution in [2.24, 2.45) is 4.99 Å². The number of para-hydroxylation sites is 1. The third-order valence-electron chi connectivity index (χ3n) is 3.98. The van der Waals surface area contributed by atoms with Gasteiger partial charge in [0.25, 0.3) is 0 Å². The number of guanidine groups is 1. The van der Waals surface area contributed by atoms with Crippen molar-refractivity contribution in [3.05, 3.63) is 72.1 Å². The Morgan fingerprint density at radius 3 is 2.54 bits per heavy atom. The van der Waals surface area contributed by atoms with E-state index in [1.165, 1.54) is 5.56 Å². The van der Waals surface area contributed by atoms with Crippen LogP contribution in [0, 0.1) is 6.92 Å². The average molecular weight is 377 g/mol. The van der Waals surface area contributed by atoms with Crippen LogP contribution in [-0.2, 0) is 11.3 Å². The van der Waals surface area contributed by atoms with Crippen molar-refractivity contribution in [1.29, 1.82) is 0 Å². The van der Waals surface area contributed by atoms with E-state index >= 15 is 0 Å². The molecule has 1 amide bonds. The number of carbonyl (C=O) groups is 1. The van der Waals surface area contributed by atoms with Gasteiger partial charge in [-0.05, 0) is 31.2 Å². The van der Waals surface area contributed by atoms with Crippen LogP contribution in [0.3, 0.4) is 0 Å². The Balaban J connectivity index is 1.48. The van der Waals surface area contributed by atoms with Crippen LogP contribution in [0.15, 0.2) is 70.3 Å². The normalized spacial score (nSPS) is 11.1. The Bertz CT molecular complexity index is 933. The maximum atomic E-state index is 12.0. The number of amides is 1. The number of rotatable bonds is 6. The Morgan fingerprint density at radius 2 is 1.82 bits per heavy atom. The smallest absolute Gasteiger partial charge is 0.243 e. The van der Waals surface area contributed by atoms with E-state index in [2.05, 4.69) is 25.9 Å². The predicted molar refractivity (Wildman–Crippen MR) is 110 cm³/mol. The van der Waals surface area contributed by atoms with Crippen molar-refractivity contribution in [3.63, 3.8) is 0 Å². The summed E-state index contributed by atoms with van der Waals surface area (Å²) in [6, 6.07) is 17.3. The molecule has 7 nitrogen and oxygen atoms in total. The summed E-state index contributed by atoms with van der Waals surface area (Å²) >= 11 is 0. The zero-order valence-corrected chi connectivity index (χ0v) is 15.9. The molecule has 0 bridgehead atoms. The first-order chi connectivity index (χ1) is 13.6. The van der Waals surface area contributed by atoms with E-state index in [0.29, 0.717) is 18.4 Å². The summed E-state index contributed by atoms with van der Waals surface area (Å²) < 4.78 is 5.55. The van der Waals surface area contributed by atoms with Gasteiger partial charge in [0.05, 0.1) is 18.8 Å². The number of nitrogens with zero attached hydrogens (tertiary/aromatic N) is 2. The molecule has 28 heavy (non-hydrogen) atoms. The molecule has 0 aliphatic rings. The predicted octanol–water partition coefficient (Wildman–Crippen LogP) is 2.95. The van der Waals surface area contributed by atoms with Gasteiger partial charge in [-0.25, -0.2) is 4.98 Å². The summed E-state index contributed by atoms with van der Waals surface area (Å²) in [4.78, 5) is 20.6. The fourth-order valence-electron chi connectivity index (χ4n) is 2.50. The maximum Gasteiger partial charge on any atom is 0.243 e. The van der Waals surface area contributed by atoms with Crippen LogP contribution in [-0.4, -0.2) is 30.4 Å². The van der Waals surface area contributed by atoms with Crippen LogP contribution < -0.4 is 16.0 Å². The van der Waals surface area contributed by atoms with E-state index in [-0.39, 0.29) is 12.5 Å². The molecule has 1 heterocycles. The van der Waals surface area contributed by atoms with Gasteiger partial charge in [0, 0.05) is 18.3 Å². The van der Waals surface area contributed by atoms with Gasteiger partial charge in [-0.3, -0.25) is 9.79 Å². The standard InChI is InChI=1S/C21H23N5O2/c1-15-8-10-16(11-9-15)20-26-18(14-28-20)12-23-21(22-2)24-13-19(27)25-17-6-4-3-5-7-17/h3-11,14H,12-13H2,1-2H3,(H,25,27)(H2,22,23,24). The fourth-order valence-corrected chi connectivity index (χ4v) is 2.50. The van der Waals surface area contributed by atoms with Crippen LogP contribution in [0.1, 0.15) is 11.3 Å². The first kappa shape index (κ1) is 19.2. The molecule has 0 radical (unpaired) electrons. The third-order valence-corrected chi connectivity index (χ3v) is 3.98. The molecule has 3 aromatic rings. The number of nitrogens with one attached hydrogen (secondary N) is 3. The first-order valence-electron chi connectivity index (χ1n) is 8.95. The lowest BCUT2D eigenvalue weighted by Crippen LogP contribution is -2.41. The monoisotopic (exact) mass is 377 g/mol. The van der Waals surface area contributed by atoms with Gasteiger partial charge in [-0.2, -0.15) is 0 Å². The number of aryl methyl sites for hydroxylation is 1. The Kier molecular flexibility index (Phi) is 6.41. The average Bonchev–Trinajstić information content (AvgIpc) is 3.18. The quantitative estimate of drug-likeness (QED) is 0.454. The number of hydrogen-bond acceptors (Lipinski definition) is 4. The molecule has 0 saturated heterocycles. The van der Waals surface area contributed by atoms with Crippen LogP contribution >= 0.6 is 0 Å². The van der Waals surface area contributed by atoms with Crippen LogP contribution in [0.2, 0.25) is 0 Å². The summed E-state index contributed by atoms with van der Waals surface area (Å²) in [5.41, 5.74) is 3.61. The van der Waals surface area contributed by atoms with E-state index in [9.17, 15) is 4.79 Å². The highest BCUT2D eigenvalue weighted by Gasteiger charge is 2.08. The molecule has 144 valence electrons. The summed E-state index contributed by atoms with van der Waals surface area (Å²) in [5, 5.41) is 8.90. The van der Waals surface area contributed by atoms with Crippen molar-refractivity contribution >= 4 is 17.6 Å². The number of benzene rings is 2. The second-order valence-electron chi connectivity index (χ2n) is 6.20. The SMILES string of the molecule is CN=C(NCC(=O)Nc1ccccc1)NCc1coc(-c2ccc(C)cc2)n1. The number of aromatic nitrogens is 1. The number of oxazole rings is 1. The van der Waals surface area contributed by atoms with Crippen LogP contribution in [0.25, 0.3) is 11.5 Å².